The van der Waals surface area contributed by atoms with Gasteiger partial charge in [0.15, 0.2) is 0 Å². The Morgan fingerprint density at radius 1 is 1.17 bits per heavy atom. The van der Waals surface area contributed by atoms with Crippen molar-refractivity contribution in [2.45, 2.75) is 31.2 Å². The molecule has 1 rings (SSSR count). The number of rotatable bonds is 7. The van der Waals surface area contributed by atoms with Crippen LogP contribution in [-0.4, -0.2) is 49.8 Å². The maximum absolute atomic E-state index is 12.1. The standard InChI is InChI=1S/C15H22N2O5S/c1-10(2)9-13(15(19)20)16-14(18)11-5-7-12(8-6-11)23(21,22)17(3)4/h5-8,10,13H,9H2,1-4H3,(H,16,18)(H,19,20)/t13-/m1/s1. The van der Waals surface area contributed by atoms with Crippen LogP contribution in [0.3, 0.4) is 0 Å². The van der Waals surface area contributed by atoms with Crippen LogP contribution >= 0.6 is 0 Å². The first-order valence-electron chi connectivity index (χ1n) is 7.12. The number of carbonyl (C=O) groups excluding carboxylic acids is 1. The van der Waals surface area contributed by atoms with Crippen LogP contribution in [0.5, 0.6) is 0 Å². The Kier molecular flexibility index (Phi) is 6.28. The highest BCUT2D eigenvalue weighted by molar-refractivity contribution is 7.89. The van der Waals surface area contributed by atoms with Crippen LogP contribution in [-0.2, 0) is 14.8 Å². The number of sulfonamides is 1. The van der Waals surface area contributed by atoms with Gasteiger partial charge >= 0.3 is 5.97 Å². The third kappa shape index (κ3) is 5.04. The van der Waals surface area contributed by atoms with Crippen LogP contribution in [0.2, 0.25) is 0 Å². The number of carbonyl (C=O) groups is 2. The summed E-state index contributed by atoms with van der Waals surface area (Å²) < 4.78 is 25.0. The zero-order chi connectivity index (χ0) is 17.8. The van der Waals surface area contributed by atoms with Gasteiger partial charge < -0.3 is 10.4 Å². The largest absolute Gasteiger partial charge is 0.480 e. The van der Waals surface area contributed by atoms with Crippen molar-refractivity contribution in [1.29, 1.82) is 0 Å². The summed E-state index contributed by atoms with van der Waals surface area (Å²) in [7, 11) is -0.732. The zero-order valence-electron chi connectivity index (χ0n) is 13.6. The lowest BCUT2D eigenvalue weighted by Crippen LogP contribution is -2.41. The number of nitrogens with one attached hydrogen (secondary N) is 1. The molecule has 0 heterocycles. The SMILES string of the molecule is CC(C)C[C@@H](NC(=O)c1ccc(S(=O)(=O)N(C)C)cc1)C(=O)O. The average Bonchev–Trinajstić information content (AvgIpc) is 2.45. The molecule has 0 aliphatic carbocycles. The molecule has 1 aromatic rings. The maximum Gasteiger partial charge on any atom is 0.326 e. The van der Waals surface area contributed by atoms with Crippen LogP contribution in [0, 0.1) is 5.92 Å². The maximum atomic E-state index is 12.1. The molecule has 0 radical (unpaired) electrons. The van der Waals surface area contributed by atoms with E-state index in [4.69, 9.17) is 5.11 Å². The van der Waals surface area contributed by atoms with Gasteiger partial charge in [0.2, 0.25) is 10.0 Å². The summed E-state index contributed by atoms with van der Waals surface area (Å²) in [6.45, 7) is 3.73. The molecular weight excluding hydrogens is 320 g/mol. The lowest BCUT2D eigenvalue weighted by molar-refractivity contribution is -0.139. The van der Waals surface area contributed by atoms with Gasteiger partial charge in [-0.3, -0.25) is 4.79 Å². The van der Waals surface area contributed by atoms with Crippen molar-refractivity contribution in [2.24, 2.45) is 5.92 Å². The number of aliphatic carboxylic acids is 1. The number of benzene rings is 1. The van der Waals surface area contributed by atoms with Crippen molar-refractivity contribution >= 4 is 21.9 Å². The first-order chi connectivity index (χ1) is 10.6. The topological polar surface area (TPSA) is 104 Å². The molecule has 0 spiro atoms. The molecule has 0 saturated heterocycles. The molecule has 1 atom stereocenters. The van der Waals surface area contributed by atoms with Gasteiger partial charge in [0.05, 0.1) is 4.90 Å². The molecule has 0 bridgehead atoms. The second-order valence-corrected chi connectivity index (χ2v) is 7.96. The first kappa shape index (κ1) is 19.1. The lowest BCUT2D eigenvalue weighted by Gasteiger charge is -2.16. The predicted molar refractivity (Wildman–Crippen MR) is 85.7 cm³/mol. The first-order valence-corrected chi connectivity index (χ1v) is 8.56. The van der Waals surface area contributed by atoms with E-state index in [1.54, 1.807) is 0 Å². The minimum atomic E-state index is -3.56. The van der Waals surface area contributed by atoms with E-state index in [0.717, 1.165) is 4.31 Å². The summed E-state index contributed by atoms with van der Waals surface area (Å²) in [6.07, 6.45) is 0.314. The van der Waals surface area contributed by atoms with Crippen LogP contribution in [0.4, 0.5) is 0 Å². The summed E-state index contributed by atoms with van der Waals surface area (Å²) in [4.78, 5) is 23.3. The van der Waals surface area contributed by atoms with E-state index in [2.05, 4.69) is 5.32 Å². The fraction of sp³-hybridized carbons (Fsp3) is 0.467. The Morgan fingerprint density at radius 3 is 2.09 bits per heavy atom. The fourth-order valence-corrected chi connectivity index (χ4v) is 2.83. The fourth-order valence-electron chi connectivity index (χ4n) is 1.92. The summed E-state index contributed by atoms with van der Waals surface area (Å²) >= 11 is 0. The third-order valence-electron chi connectivity index (χ3n) is 3.21. The van der Waals surface area contributed by atoms with E-state index in [-0.39, 0.29) is 16.4 Å². The number of nitrogens with zero attached hydrogens (tertiary/aromatic N) is 1. The summed E-state index contributed by atoms with van der Waals surface area (Å²) in [6, 6.07) is 4.39. The highest BCUT2D eigenvalue weighted by Gasteiger charge is 2.22. The molecule has 0 saturated carbocycles. The zero-order valence-corrected chi connectivity index (χ0v) is 14.4. The Balaban J connectivity index is 2.91. The van der Waals surface area contributed by atoms with Crippen molar-refractivity contribution in [3.63, 3.8) is 0 Å². The molecule has 0 aliphatic heterocycles. The van der Waals surface area contributed by atoms with Gasteiger partial charge in [0.1, 0.15) is 6.04 Å². The second-order valence-electron chi connectivity index (χ2n) is 5.81. The van der Waals surface area contributed by atoms with Crippen molar-refractivity contribution in [2.75, 3.05) is 14.1 Å². The van der Waals surface area contributed by atoms with Crippen LogP contribution < -0.4 is 5.32 Å². The Hall–Kier alpha value is -1.93. The number of carboxylic acid groups (broad SMARTS) is 1. The summed E-state index contributed by atoms with van der Waals surface area (Å²) in [5.74, 6) is -1.53. The van der Waals surface area contributed by atoms with E-state index >= 15 is 0 Å². The predicted octanol–water partition coefficient (Wildman–Crippen LogP) is 1.17. The summed E-state index contributed by atoms with van der Waals surface area (Å²) in [5.41, 5.74) is 0.206. The van der Waals surface area contributed by atoms with Gasteiger partial charge in [-0.1, -0.05) is 13.8 Å². The van der Waals surface area contributed by atoms with Crippen molar-refractivity contribution in [3.05, 3.63) is 29.8 Å². The van der Waals surface area contributed by atoms with Crippen molar-refractivity contribution < 1.29 is 23.1 Å². The van der Waals surface area contributed by atoms with Crippen LogP contribution in [0.1, 0.15) is 30.6 Å². The van der Waals surface area contributed by atoms with Crippen LogP contribution in [0.15, 0.2) is 29.2 Å². The third-order valence-corrected chi connectivity index (χ3v) is 5.03. The molecule has 0 aliphatic rings. The molecule has 7 nitrogen and oxygen atoms in total. The van der Waals surface area contributed by atoms with Gasteiger partial charge in [0.25, 0.3) is 5.91 Å². The Bertz CT molecular complexity index is 666. The van der Waals surface area contributed by atoms with Gasteiger partial charge in [-0.2, -0.15) is 0 Å². The molecule has 0 fully saturated rings. The van der Waals surface area contributed by atoms with E-state index in [0.29, 0.717) is 6.42 Å². The molecule has 0 aromatic heterocycles. The van der Waals surface area contributed by atoms with Crippen molar-refractivity contribution in [1.82, 2.24) is 9.62 Å². The van der Waals surface area contributed by atoms with Crippen LogP contribution in [0.25, 0.3) is 0 Å². The number of hydrogen-bond donors (Lipinski definition) is 2. The highest BCUT2D eigenvalue weighted by Crippen LogP contribution is 2.14. The minimum Gasteiger partial charge on any atom is -0.480 e. The van der Waals surface area contributed by atoms with E-state index in [1.165, 1.54) is 38.4 Å². The van der Waals surface area contributed by atoms with Gasteiger partial charge in [-0.25, -0.2) is 17.5 Å². The van der Waals surface area contributed by atoms with Gasteiger partial charge in [-0.05, 0) is 36.6 Å². The van der Waals surface area contributed by atoms with E-state index in [9.17, 15) is 18.0 Å². The molecule has 23 heavy (non-hydrogen) atoms. The molecule has 1 aromatic carbocycles. The van der Waals surface area contributed by atoms with Crippen molar-refractivity contribution in [3.8, 4) is 0 Å². The number of carboxylic acids is 1. The highest BCUT2D eigenvalue weighted by atomic mass is 32.2. The molecule has 1 amide bonds. The molecule has 8 heteroatoms. The van der Waals surface area contributed by atoms with E-state index in [1.807, 2.05) is 13.8 Å². The Morgan fingerprint density at radius 2 is 1.70 bits per heavy atom. The summed E-state index contributed by atoms with van der Waals surface area (Å²) in [5, 5.41) is 11.6. The quantitative estimate of drug-likeness (QED) is 0.774. The molecular formula is C15H22N2O5S. The average molecular weight is 342 g/mol. The Labute approximate surface area is 136 Å². The molecule has 128 valence electrons. The number of amides is 1. The smallest absolute Gasteiger partial charge is 0.326 e. The molecule has 0 unspecified atom stereocenters. The lowest BCUT2D eigenvalue weighted by atomic mass is 10.0. The minimum absolute atomic E-state index is 0.0658. The molecule has 2 N–H and O–H groups in total. The van der Waals surface area contributed by atoms with Gasteiger partial charge in [0, 0.05) is 19.7 Å². The van der Waals surface area contributed by atoms with Gasteiger partial charge in [-0.15, -0.1) is 0 Å². The number of hydrogen-bond acceptors (Lipinski definition) is 4. The monoisotopic (exact) mass is 342 g/mol. The van der Waals surface area contributed by atoms with E-state index < -0.39 is 27.9 Å². The second kappa shape index (κ2) is 7.56. The normalized spacial score (nSPS) is 13.1.